The molecule has 1 unspecified atom stereocenters. The van der Waals surface area contributed by atoms with E-state index in [4.69, 9.17) is 4.74 Å². The van der Waals surface area contributed by atoms with Crippen LogP contribution in [0.5, 0.6) is 0 Å². The van der Waals surface area contributed by atoms with E-state index in [9.17, 15) is 18.0 Å². The summed E-state index contributed by atoms with van der Waals surface area (Å²) < 4.78 is 43.7. The maximum Gasteiger partial charge on any atom is 0.422 e. The summed E-state index contributed by atoms with van der Waals surface area (Å²) in [6, 6.07) is 27.3. The first kappa shape index (κ1) is 23.1. The van der Waals surface area contributed by atoms with Crippen molar-refractivity contribution >= 4 is 11.7 Å². The molecule has 0 heterocycles. The topological polar surface area (TPSA) is 29.5 Å². The Bertz CT molecular complexity index is 1010. The van der Waals surface area contributed by atoms with Crippen LogP contribution >= 0.6 is 0 Å². The van der Waals surface area contributed by atoms with Crippen LogP contribution in [0.3, 0.4) is 0 Å². The largest absolute Gasteiger partial charge is 0.454 e. The summed E-state index contributed by atoms with van der Waals surface area (Å²) in [5.41, 5.74) is 0.535. The molecule has 0 aliphatic rings. The third kappa shape index (κ3) is 5.38. The van der Waals surface area contributed by atoms with E-state index in [-0.39, 0.29) is 13.0 Å². The molecule has 0 aromatic heterocycles. The SMILES string of the molecule is C=CCC(C(=O)OCC(F)(F)F)(c1ccccc1)N(Cc1ccccc1)c1ccccc1. The van der Waals surface area contributed by atoms with Gasteiger partial charge in [-0.05, 0) is 23.3 Å². The van der Waals surface area contributed by atoms with Gasteiger partial charge in [-0.1, -0.05) is 84.9 Å². The van der Waals surface area contributed by atoms with E-state index in [2.05, 4.69) is 6.58 Å². The van der Waals surface area contributed by atoms with Crippen molar-refractivity contribution in [3.63, 3.8) is 0 Å². The minimum atomic E-state index is -4.64. The van der Waals surface area contributed by atoms with Crippen molar-refractivity contribution in [1.82, 2.24) is 0 Å². The highest BCUT2D eigenvalue weighted by molar-refractivity contribution is 5.87. The fraction of sp³-hybridized carbons (Fsp3) is 0.192. The maximum absolute atomic E-state index is 13.5. The number of halogens is 3. The molecular formula is C26H24F3NO2. The van der Waals surface area contributed by atoms with E-state index in [0.717, 1.165) is 5.56 Å². The molecule has 3 nitrogen and oxygen atoms in total. The lowest BCUT2D eigenvalue weighted by molar-refractivity contribution is -0.190. The first-order chi connectivity index (χ1) is 15.4. The second-order valence-electron chi connectivity index (χ2n) is 7.32. The van der Waals surface area contributed by atoms with E-state index in [1.54, 1.807) is 35.2 Å². The Hall–Kier alpha value is -3.54. The van der Waals surface area contributed by atoms with Gasteiger partial charge < -0.3 is 9.64 Å². The van der Waals surface area contributed by atoms with Gasteiger partial charge in [-0.2, -0.15) is 13.2 Å². The summed E-state index contributed by atoms with van der Waals surface area (Å²) in [5.74, 6) is -0.985. The lowest BCUT2D eigenvalue weighted by atomic mass is 9.83. The molecule has 32 heavy (non-hydrogen) atoms. The molecule has 0 aliphatic heterocycles. The fourth-order valence-corrected chi connectivity index (χ4v) is 3.71. The van der Waals surface area contributed by atoms with Gasteiger partial charge in [0.15, 0.2) is 12.1 Å². The van der Waals surface area contributed by atoms with Crippen LogP contribution in [0.1, 0.15) is 17.5 Å². The summed E-state index contributed by atoms with van der Waals surface area (Å²) in [4.78, 5) is 15.3. The lowest BCUT2D eigenvalue weighted by Gasteiger charge is -2.43. The maximum atomic E-state index is 13.5. The number of benzene rings is 3. The number of carbonyl (C=O) groups is 1. The van der Waals surface area contributed by atoms with Crippen LogP contribution in [0.2, 0.25) is 0 Å². The second-order valence-corrected chi connectivity index (χ2v) is 7.32. The summed E-state index contributed by atoms with van der Waals surface area (Å²) in [7, 11) is 0. The van der Waals surface area contributed by atoms with Gasteiger partial charge in [-0.25, -0.2) is 4.79 Å². The Morgan fingerprint density at radius 1 is 0.875 bits per heavy atom. The molecular weight excluding hydrogens is 415 g/mol. The number of hydrogen-bond donors (Lipinski definition) is 0. The van der Waals surface area contributed by atoms with Crippen molar-refractivity contribution < 1.29 is 22.7 Å². The third-order valence-corrected chi connectivity index (χ3v) is 5.11. The number of para-hydroxylation sites is 1. The second kappa shape index (κ2) is 10.2. The normalized spacial score (nSPS) is 13.1. The predicted molar refractivity (Wildman–Crippen MR) is 119 cm³/mol. The molecule has 0 spiro atoms. The van der Waals surface area contributed by atoms with E-state index < -0.39 is 24.3 Å². The number of nitrogens with zero attached hydrogens (tertiary/aromatic N) is 1. The molecule has 3 aromatic carbocycles. The number of anilines is 1. The van der Waals surface area contributed by atoms with Crippen LogP contribution in [0.25, 0.3) is 0 Å². The van der Waals surface area contributed by atoms with Gasteiger partial charge in [0.2, 0.25) is 0 Å². The highest BCUT2D eigenvalue weighted by atomic mass is 19.4. The van der Waals surface area contributed by atoms with E-state index in [1.807, 2.05) is 60.7 Å². The Morgan fingerprint density at radius 3 is 1.94 bits per heavy atom. The van der Waals surface area contributed by atoms with Crippen molar-refractivity contribution in [1.29, 1.82) is 0 Å². The van der Waals surface area contributed by atoms with Crippen LogP contribution in [-0.4, -0.2) is 18.8 Å². The standard InChI is InChI=1S/C26H24F3NO2/c1-2-18-25(22-14-8-4-9-15-22,24(31)32-20-26(27,28)29)30(23-16-10-5-11-17-23)19-21-12-6-3-7-13-21/h2-17H,1,18-20H2. The highest BCUT2D eigenvalue weighted by Gasteiger charge is 2.47. The molecule has 1 atom stereocenters. The van der Waals surface area contributed by atoms with E-state index in [0.29, 0.717) is 11.3 Å². The summed E-state index contributed by atoms with van der Waals surface area (Å²) in [6.45, 7) is 2.40. The number of carbonyl (C=O) groups excluding carboxylic acids is 1. The predicted octanol–water partition coefficient (Wildman–Crippen LogP) is 6.27. The van der Waals surface area contributed by atoms with E-state index >= 15 is 0 Å². The van der Waals surface area contributed by atoms with Gasteiger partial charge in [-0.3, -0.25) is 0 Å². The zero-order chi connectivity index (χ0) is 23.0. The molecule has 3 aromatic rings. The van der Waals surface area contributed by atoms with E-state index in [1.165, 1.54) is 6.08 Å². The molecule has 0 fully saturated rings. The summed E-state index contributed by atoms with van der Waals surface area (Å²) in [5, 5.41) is 0. The quantitative estimate of drug-likeness (QED) is 0.291. The average molecular weight is 439 g/mol. The number of ether oxygens (including phenoxy) is 1. The number of alkyl halides is 3. The number of hydrogen-bond acceptors (Lipinski definition) is 3. The van der Waals surface area contributed by atoms with Crippen LogP contribution in [0, 0.1) is 0 Å². The van der Waals surface area contributed by atoms with Crippen molar-refractivity contribution in [2.45, 2.75) is 24.7 Å². The smallest absolute Gasteiger partial charge is 0.422 e. The van der Waals surface area contributed by atoms with Crippen LogP contribution in [0.4, 0.5) is 18.9 Å². The fourth-order valence-electron chi connectivity index (χ4n) is 3.71. The Morgan fingerprint density at radius 2 is 1.41 bits per heavy atom. The minimum absolute atomic E-state index is 0.0510. The Labute approximate surface area is 185 Å². The summed E-state index contributed by atoms with van der Waals surface area (Å²) >= 11 is 0. The molecule has 0 saturated heterocycles. The van der Waals surface area contributed by atoms with Gasteiger partial charge in [0.1, 0.15) is 0 Å². The molecule has 0 amide bonds. The number of rotatable bonds is 9. The molecule has 3 rings (SSSR count). The lowest BCUT2D eigenvalue weighted by Crippen LogP contribution is -2.53. The first-order valence-corrected chi connectivity index (χ1v) is 10.1. The molecule has 0 bridgehead atoms. The zero-order valence-corrected chi connectivity index (χ0v) is 17.5. The van der Waals surface area contributed by atoms with Crippen molar-refractivity contribution in [3.8, 4) is 0 Å². The van der Waals surface area contributed by atoms with Gasteiger partial charge in [0.05, 0.1) is 0 Å². The molecule has 0 radical (unpaired) electrons. The van der Waals surface area contributed by atoms with Crippen LogP contribution in [-0.2, 0) is 21.6 Å². The highest BCUT2D eigenvalue weighted by Crippen LogP contribution is 2.39. The van der Waals surface area contributed by atoms with Crippen LogP contribution in [0.15, 0.2) is 104 Å². The Balaban J connectivity index is 2.20. The number of esters is 1. The minimum Gasteiger partial charge on any atom is -0.454 e. The van der Waals surface area contributed by atoms with Crippen molar-refractivity contribution in [2.75, 3.05) is 11.5 Å². The molecule has 166 valence electrons. The molecule has 6 heteroatoms. The average Bonchev–Trinajstić information content (AvgIpc) is 2.81. The van der Waals surface area contributed by atoms with Crippen molar-refractivity contribution in [2.24, 2.45) is 0 Å². The monoisotopic (exact) mass is 439 g/mol. The van der Waals surface area contributed by atoms with Gasteiger partial charge >= 0.3 is 12.1 Å². The van der Waals surface area contributed by atoms with Gasteiger partial charge in [0, 0.05) is 18.7 Å². The Kier molecular flexibility index (Phi) is 7.36. The summed E-state index contributed by atoms with van der Waals surface area (Å²) in [6.07, 6.45) is -3.05. The van der Waals surface area contributed by atoms with Crippen molar-refractivity contribution in [3.05, 3.63) is 115 Å². The van der Waals surface area contributed by atoms with Crippen LogP contribution < -0.4 is 4.90 Å². The first-order valence-electron chi connectivity index (χ1n) is 10.1. The van der Waals surface area contributed by atoms with Gasteiger partial charge in [0.25, 0.3) is 0 Å². The van der Waals surface area contributed by atoms with Gasteiger partial charge in [-0.15, -0.1) is 6.58 Å². The third-order valence-electron chi connectivity index (χ3n) is 5.11. The molecule has 0 N–H and O–H groups in total. The molecule has 0 saturated carbocycles. The zero-order valence-electron chi connectivity index (χ0n) is 17.5. The molecule has 0 aliphatic carbocycles.